The van der Waals surface area contributed by atoms with Crippen molar-refractivity contribution in [2.45, 2.75) is 160 Å². The van der Waals surface area contributed by atoms with E-state index >= 15 is 0 Å². The molecule has 0 aliphatic heterocycles. The van der Waals surface area contributed by atoms with E-state index < -0.39 is 0 Å². The molecule has 4 nitrogen and oxygen atoms in total. The van der Waals surface area contributed by atoms with Crippen LogP contribution in [0.2, 0.25) is 0 Å². The Morgan fingerprint density at radius 3 is 1.50 bits per heavy atom. The number of rotatable bonds is 19. The number of carbonyl (C=O) groups excluding carboxylic acids is 2. The smallest absolute Gasteiger partial charge is 0.314 e. The molecule has 0 aliphatic carbocycles. The zero-order valence-corrected chi connectivity index (χ0v) is 27.9. The van der Waals surface area contributed by atoms with E-state index in [-0.39, 0.29) is 16.9 Å². The maximum atomic E-state index is 12.3. The quantitative estimate of drug-likeness (QED) is 0.161. The number of Topliss-reactive ketones (excluding diaryl/α,β-unsaturated/α-hetero) is 1. The van der Waals surface area contributed by atoms with Gasteiger partial charge in [-0.05, 0) is 72.0 Å². The molecule has 4 heteroatoms. The highest BCUT2D eigenvalue weighted by molar-refractivity contribution is 5.78. The molecular formula is C34H68N2O2. The lowest BCUT2D eigenvalue weighted by atomic mass is 9.65. The van der Waals surface area contributed by atoms with Crippen molar-refractivity contribution in [1.82, 2.24) is 10.6 Å². The van der Waals surface area contributed by atoms with Crippen LogP contribution >= 0.6 is 0 Å². The van der Waals surface area contributed by atoms with E-state index in [0.717, 1.165) is 77.3 Å². The average molecular weight is 537 g/mol. The standard InChI is InChI=1S/C34H68N2O2/c1-27(25-33(9,10)31(3,4)5)19-18-21-29(37)20-16-14-13-15-17-23-35-30(38)36-24-22-28(2)26-34(11,12)32(6,7)8/h27-28H,13-26H2,1-12H3,(H2,35,36,38). The minimum atomic E-state index is -0.0471. The van der Waals surface area contributed by atoms with Crippen molar-refractivity contribution in [2.24, 2.45) is 33.5 Å². The third-order valence-electron chi connectivity index (χ3n) is 9.77. The fraction of sp³-hybridized carbons (Fsp3) is 0.941. The van der Waals surface area contributed by atoms with E-state index in [1.807, 2.05) is 0 Å². The number of carbonyl (C=O) groups is 2. The zero-order valence-electron chi connectivity index (χ0n) is 27.9. The lowest BCUT2D eigenvalue weighted by molar-refractivity contribution is -0.119. The van der Waals surface area contributed by atoms with Crippen molar-refractivity contribution in [3.63, 3.8) is 0 Å². The summed E-state index contributed by atoms with van der Waals surface area (Å²) in [6, 6.07) is -0.0471. The molecule has 0 saturated heterocycles. The van der Waals surface area contributed by atoms with Gasteiger partial charge in [-0.15, -0.1) is 0 Å². The molecule has 0 radical (unpaired) electrons. The molecule has 0 fully saturated rings. The molecule has 0 aliphatic rings. The van der Waals surface area contributed by atoms with Crippen molar-refractivity contribution < 1.29 is 9.59 Å². The lowest BCUT2D eigenvalue weighted by Gasteiger charge is -2.40. The van der Waals surface area contributed by atoms with Crippen molar-refractivity contribution >= 4 is 11.8 Å². The van der Waals surface area contributed by atoms with Gasteiger partial charge in [-0.1, -0.05) is 109 Å². The topological polar surface area (TPSA) is 58.2 Å². The van der Waals surface area contributed by atoms with Gasteiger partial charge in [0.15, 0.2) is 0 Å². The minimum Gasteiger partial charge on any atom is -0.338 e. The summed E-state index contributed by atoms with van der Waals surface area (Å²) in [5, 5.41) is 6.00. The van der Waals surface area contributed by atoms with Crippen LogP contribution in [0.3, 0.4) is 0 Å². The predicted molar refractivity (Wildman–Crippen MR) is 167 cm³/mol. The van der Waals surface area contributed by atoms with Gasteiger partial charge in [0, 0.05) is 25.9 Å². The summed E-state index contributed by atoms with van der Waals surface area (Å²) in [6.07, 6.45) is 12.4. The number of urea groups is 1. The Bertz CT molecular complexity index is 609. The van der Waals surface area contributed by atoms with Gasteiger partial charge in [-0.25, -0.2) is 4.79 Å². The van der Waals surface area contributed by atoms with Crippen molar-refractivity contribution in [3.8, 4) is 0 Å². The summed E-state index contributed by atoms with van der Waals surface area (Å²) < 4.78 is 0. The Hall–Kier alpha value is -1.06. The number of amides is 2. The van der Waals surface area contributed by atoms with Crippen LogP contribution in [0.5, 0.6) is 0 Å². The van der Waals surface area contributed by atoms with E-state index in [9.17, 15) is 9.59 Å². The van der Waals surface area contributed by atoms with Crippen LogP contribution in [-0.4, -0.2) is 24.9 Å². The molecule has 226 valence electrons. The summed E-state index contributed by atoms with van der Waals surface area (Å²) in [5.41, 5.74) is 1.19. The minimum absolute atomic E-state index is 0.0471. The predicted octanol–water partition coefficient (Wildman–Crippen LogP) is 9.95. The first-order chi connectivity index (χ1) is 17.3. The molecule has 38 heavy (non-hydrogen) atoms. The average Bonchev–Trinajstić information content (AvgIpc) is 2.73. The lowest BCUT2D eigenvalue weighted by Crippen LogP contribution is -2.37. The molecule has 2 atom stereocenters. The Labute approximate surface area is 238 Å². The summed E-state index contributed by atoms with van der Waals surface area (Å²) in [4.78, 5) is 24.3. The molecule has 2 unspecified atom stereocenters. The molecule has 0 aromatic rings. The summed E-state index contributed by atoms with van der Waals surface area (Å²) >= 11 is 0. The largest absolute Gasteiger partial charge is 0.338 e. The normalized spacial score (nSPS) is 14.7. The van der Waals surface area contributed by atoms with Crippen LogP contribution in [0.15, 0.2) is 0 Å². The first-order valence-electron chi connectivity index (χ1n) is 15.8. The molecule has 0 bridgehead atoms. The number of hydrogen-bond acceptors (Lipinski definition) is 2. The molecule has 0 aromatic carbocycles. The third-order valence-corrected chi connectivity index (χ3v) is 9.77. The van der Waals surface area contributed by atoms with E-state index in [2.05, 4.69) is 93.7 Å². The molecule has 0 heterocycles. The number of hydrogen-bond donors (Lipinski definition) is 2. The van der Waals surface area contributed by atoms with E-state index in [1.165, 1.54) is 12.8 Å². The second kappa shape index (κ2) is 16.9. The van der Waals surface area contributed by atoms with Crippen molar-refractivity contribution in [1.29, 1.82) is 0 Å². The van der Waals surface area contributed by atoms with Crippen LogP contribution in [-0.2, 0) is 4.79 Å². The van der Waals surface area contributed by atoms with Crippen LogP contribution in [0.25, 0.3) is 0 Å². The maximum Gasteiger partial charge on any atom is 0.314 e. The van der Waals surface area contributed by atoms with E-state index in [4.69, 9.17) is 0 Å². The van der Waals surface area contributed by atoms with Crippen LogP contribution in [0.4, 0.5) is 4.79 Å². The molecule has 0 aromatic heterocycles. The molecule has 2 N–H and O–H groups in total. The second-order valence-corrected chi connectivity index (χ2v) is 15.8. The second-order valence-electron chi connectivity index (χ2n) is 15.8. The summed E-state index contributed by atoms with van der Waals surface area (Å²) in [6.45, 7) is 29.4. The van der Waals surface area contributed by atoms with Crippen LogP contribution in [0.1, 0.15) is 160 Å². The molecule has 0 spiro atoms. The van der Waals surface area contributed by atoms with Gasteiger partial charge in [0.2, 0.25) is 0 Å². The first kappa shape index (κ1) is 36.9. The molecule has 0 saturated carbocycles. The first-order valence-corrected chi connectivity index (χ1v) is 15.8. The van der Waals surface area contributed by atoms with Gasteiger partial charge in [0.05, 0.1) is 0 Å². The van der Waals surface area contributed by atoms with Gasteiger partial charge in [-0.2, -0.15) is 0 Å². The summed E-state index contributed by atoms with van der Waals surface area (Å²) in [5.74, 6) is 1.69. The third kappa shape index (κ3) is 16.1. The van der Waals surface area contributed by atoms with Crippen molar-refractivity contribution in [3.05, 3.63) is 0 Å². The zero-order chi connectivity index (χ0) is 29.6. The molecular weight excluding hydrogens is 468 g/mol. The SMILES string of the molecule is CC(CCCC(=O)CCCCCCCNC(=O)NCCC(C)CC(C)(C)C(C)(C)C)CC(C)(C)C(C)(C)C. The monoisotopic (exact) mass is 537 g/mol. The van der Waals surface area contributed by atoms with Gasteiger partial charge in [0.1, 0.15) is 5.78 Å². The van der Waals surface area contributed by atoms with Crippen molar-refractivity contribution in [2.75, 3.05) is 13.1 Å². The number of ketones is 1. The Balaban J connectivity index is 3.75. The summed E-state index contributed by atoms with van der Waals surface area (Å²) in [7, 11) is 0. The van der Waals surface area contributed by atoms with E-state index in [0.29, 0.717) is 28.4 Å². The Morgan fingerprint density at radius 1 is 0.553 bits per heavy atom. The number of unbranched alkanes of at least 4 members (excludes halogenated alkanes) is 4. The van der Waals surface area contributed by atoms with Gasteiger partial charge in [-0.3, -0.25) is 4.79 Å². The highest BCUT2D eigenvalue weighted by Crippen LogP contribution is 2.44. The fourth-order valence-corrected chi connectivity index (χ4v) is 5.01. The van der Waals surface area contributed by atoms with Gasteiger partial charge in [0.25, 0.3) is 0 Å². The maximum absolute atomic E-state index is 12.3. The highest BCUT2D eigenvalue weighted by atomic mass is 16.2. The Morgan fingerprint density at radius 2 is 0.974 bits per heavy atom. The highest BCUT2D eigenvalue weighted by Gasteiger charge is 2.34. The van der Waals surface area contributed by atoms with Gasteiger partial charge < -0.3 is 10.6 Å². The van der Waals surface area contributed by atoms with E-state index in [1.54, 1.807) is 0 Å². The van der Waals surface area contributed by atoms with Gasteiger partial charge >= 0.3 is 6.03 Å². The fourth-order valence-electron chi connectivity index (χ4n) is 5.01. The Kier molecular flexibility index (Phi) is 16.4. The van der Waals surface area contributed by atoms with Crippen LogP contribution in [0, 0.1) is 33.5 Å². The van der Waals surface area contributed by atoms with Crippen LogP contribution < -0.4 is 10.6 Å². The molecule has 0 rings (SSSR count). The molecule has 2 amide bonds. The number of nitrogens with one attached hydrogen (secondary N) is 2.